The van der Waals surface area contributed by atoms with Crippen LogP contribution >= 0.6 is 11.5 Å². The molecule has 1 aliphatic heterocycles. The third kappa shape index (κ3) is 2.66. The van der Waals surface area contributed by atoms with Gasteiger partial charge in [-0.2, -0.15) is 0 Å². The molecule has 1 N–H and O–H groups in total. The quantitative estimate of drug-likeness (QED) is 0.817. The number of hydrogen-bond acceptors (Lipinski definition) is 5. The van der Waals surface area contributed by atoms with Gasteiger partial charge in [0, 0.05) is 5.38 Å². The van der Waals surface area contributed by atoms with E-state index in [1.807, 2.05) is 0 Å². The smallest absolute Gasteiger partial charge is 0.323 e. The second-order valence-corrected chi connectivity index (χ2v) is 7.01. The Bertz CT molecular complexity index is 541. The van der Waals surface area contributed by atoms with E-state index < -0.39 is 5.54 Å². The van der Waals surface area contributed by atoms with Gasteiger partial charge in [0.1, 0.15) is 5.54 Å². The molecule has 2 heterocycles. The molecule has 0 spiro atoms. The maximum atomic E-state index is 12.9. The maximum absolute atomic E-state index is 12.9. The largest absolute Gasteiger partial charge is 0.325 e. The van der Waals surface area contributed by atoms with Gasteiger partial charge >= 0.3 is 6.03 Å². The summed E-state index contributed by atoms with van der Waals surface area (Å²) in [5.41, 5.74) is -0.0101. The lowest BCUT2D eigenvalue weighted by atomic mass is 9.85. The van der Waals surface area contributed by atoms with Gasteiger partial charge in [-0.05, 0) is 49.1 Å². The number of urea groups is 1. The van der Waals surface area contributed by atoms with Crippen LogP contribution in [0, 0.1) is 11.8 Å². The summed E-state index contributed by atoms with van der Waals surface area (Å²) in [6, 6.07) is -0.288. The van der Waals surface area contributed by atoms with E-state index in [0.717, 1.165) is 25.7 Å². The third-order valence-electron chi connectivity index (χ3n) is 4.32. The molecule has 1 aliphatic carbocycles. The van der Waals surface area contributed by atoms with E-state index in [2.05, 4.69) is 28.8 Å². The fourth-order valence-electron chi connectivity index (χ4n) is 2.95. The van der Waals surface area contributed by atoms with E-state index in [1.54, 1.807) is 5.38 Å². The van der Waals surface area contributed by atoms with Crippen LogP contribution < -0.4 is 5.32 Å². The highest BCUT2D eigenvalue weighted by Gasteiger charge is 2.58. The van der Waals surface area contributed by atoms with Crippen LogP contribution in [0.4, 0.5) is 4.79 Å². The van der Waals surface area contributed by atoms with Gasteiger partial charge < -0.3 is 5.32 Å². The van der Waals surface area contributed by atoms with E-state index in [-0.39, 0.29) is 18.5 Å². The minimum absolute atomic E-state index is 0.0800. The van der Waals surface area contributed by atoms with Gasteiger partial charge in [0.25, 0.3) is 5.91 Å². The molecule has 0 bridgehead atoms. The van der Waals surface area contributed by atoms with Gasteiger partial charge in [-0.1, -0.05) is 18.3 Å². The number of carbonyl (C=O) groups is 2. The topological polar surface area (TPSA) is 75.2 Å². The van der Waals surface area contributed by atoms with E-state index in [9.17, 15) is 9.59 Å². The van der Waals surface area contributed by atoms with Crippen LogP contribution in [0.2, 0.25) is 0 Å². The van der Waals surface area contributed by atoms with Gasteiger partial charge in [-0.3, -0.25) is 9.69 Å². The van der Waals surface area contributed by atoms with Crippen LogP contribution in [0.5, 0.6) is 0 Å². The molecule has 1 atom stereocenters. The highest BCUT2D eigenvalue weighted by atomic mass is 32.1. The summed E-state index contributed by atoms with van der Waals surface area (Å²) < 4.78 is 3.78. The van der Waals surface area contributed by atoms with Crippen molar-refractivity contribution in [1.82, 2.24) is 19.8 Å². The highest BCUT2D eigenvalue weighted by Crippen LogP contribution is 2.46. The first-order valence-corrected chi connectivity index (χ1v) is 8.26. The molecule has 2 aliphatic rings. The number of aromatic nitrogens is 2. The summed E-state index contributed by atoms with van der Waals surface area (Å²) in [6.07, 6.45) is 3.72. The molecule has 3 amide bonds. The summed E-state index contributed by atoms with van der Waals surface area (Å²) >= 11 is 1.23. The Morgan fingerprint density at radius 1 is 1.48 bits per heavy atom. The summed E-state index contributed by atoms with van der Waals surface area (Å²) in [5, 5.41) is 8.68. The zero-order valence-corrected chi connectivity index (χ0v) is 13.2. The number of amides is 3. The Hall–Kier alpha value is -1.50. The van der Waals surface area contributed by atoms with Crippen LogP contribution in [-0.2, 0) is 11.3 Å². The first-order valence-electron chi connectivity index (χ1n) is 7.43. The number of nitrogens with zero attached hydrogens (tertiary/aromatic N) is 3. The molecule has 1 aromatic rings. The first-order chi connectivity index (χ1) is 10.0. The molecular weight excluding hydrogens is 288 g/mol. The average Bonchev–Trinajstić information content (AvgIpc) is 3.12. The molecular formula is C14H20N4O2S. The van der Waals surface area contributed by atoms with Crippen molar-refractivity contribution in [2.24, 2.45) is 11.8 Å². The molecule has 0 unspecified atom stereocenters. The molecule has 0 aromatic carbocycles. The molecule has 114 valence electrons. The predicted molar refractivity (Wildman–Crippen MR) is 78.5 cm³/mol. The van der Waals surface area contributed by atoms with Gasteiger partial charge in [-0.25, -0.2) is 4.79 Å². The van der Waals surface area contributed by atoms with E-state index in [1.165, 1.54) is 16.4 Å². The first kappa shape index (κ1) is 14.4. The molecule has 1 saturated carbocycles. The fraction of sp³-hybridized carbons (Fsp3) is 0.714. The lowest BCUT2D eigenvalue weighted by Crippen LogP contribution is -2.49. The Morgan fingerprint density at radius 3 is 2.81 bits per heavy atom. The van der Waals surface area contributed by atoms with E-state index in [0.29, 0.717) is 17.5 Å². The van der Waals surface area contributed by atoms with Gasteiger partial charge in [0.15, 0.2) is 0 Å². The number of carbonyl (C=O) groups excluding carboxylic acids is 2. The van der Waals surface area contributed by atoms with Gasteiger partial charge in [0.05, 0.1) is 12.2 Å². The number of nitrogens with one attached hydrogen (secondary N) is 1. The number of imide groups is 1. The number of rotatable bonds is 6. The fourth-order valence-corrected chi connectivity index (χ4v) is 3.39. The summed E-state index contributed by atoms with van der Waals surface area (Å²) in [6.45, 7) is 4.50. The highest BCUT2D eigenvalue weighted by molar-refractivity contribution is 7.03. The summed E-state index contributed by atoms with van der Waals surface area (Å²) in [5.74, 6) is 0.733. The molecule has 7 heteroatoms. The monoisotopic (exact) mass is 308 g/mol. The average molecular weight is 308 g/mol. The van der Waals surface area contributed by atoms with Crippen molar-refractivity contribution in [3.63, 3.8) is 0 Å². The van der Waals surface area contributed by atoms with Crippen molar-refractivity contribution in [3.8, 4) is 0 Å². The molecule has 21 heavy (non-hydrogen) atoms. The molecule has 1 saturated heterocycles. The molecule has 2 fully saturated rings. The second kappa shape index (κ2) is 5.36. The normalized spacial score (nSPS) is 25.8. The third-order valence-corrected chi connectivity index (χ3v) is 4.87. The van der Waals surface area contributed by atoms with Crippen molar-refractivity contribution < 1.29 is 9.59 Å². The Morgan fingerprint density at radius 2 is 2.24 bits per heavy atom. The van der Waals surface area contributed by atoms with E-state index >= 15 is 0 Å². The molecule has 6 nitrogen and oxygen atoms in total. The molecule has 3 rings (SSSR count). The van der Waals surface area contributed by atoms with Crippen LogP contribution in [-0.4, -0.2) is 32.0 Å². The van der Waals surface area contributed by atoms with Crippen molar-refractivity contribution >= 4 is 23.5 Å². The van der Waals surface area contributed by atoms with Gasteiger partial charge in [-0.15, -0.1) is 5.10 Å². The Balaban J connectivity index is 1.79. The zero-order valence-electron chi connectivity index (χ0n) is 12.3. The SMILES string of the molecule is CC(C)CC[C@]1(C2CC2)NC(=O)N(Cc2csnn2)C1=O. The number of hydrogen-bond donors (Lipinski definition) is 1. The van der Waals surface area contributed by atoms with Crippen LogP contribution in [0.15, 0.2) is 5.38 Å². The predicted octanol–water partition coefficient (Wildman–Crippen LogP) is 2.17. The van der Waals surface area contributed by atoms with Crippen molar-refractivity contribution in [3.05, 3.63) is 11.1 Å². The van der Waals surface area contributed by atoms with Crippen molar-refractivity contribution in [2.45, 2.75) is 51.6 Å². The lowest BCUT2D eigenvalue weighted by Gasteiger charge is -2.27. The van der Waals surface area contributed by atoms with Crippen molar-refractivity contribution in [1.29, 1.82) is 0 Å². The molecule has 1 aromatic heterocycles. The lowest BCUT2D eigenvalue weighted by molar-refractivity contribution is -0.132. The second-order valence-electron chi connectivity index (χ2n) is 6.40. The zero-order chi connectivity index (χ0) is 15.0. The van der Waals surface area contributed by atoms with E-state index in [4.69, 9.17) is 0 Å². The van der Waals surface area contributed by atoms with Crippen molar-refractivity contribution in [2.75, 3.05) is 0 Å². The minimum Gasteiger partial charge on any atom is -0.323 e. The Kier molecular flexibility index (Phi) is 3.69. The maximum Gasteiger partial charge on any atom is 0.325 e. The van der Waals surface area contributed by atoms with Crippen LogP contribution in [0.3, 0.4) is 0 Å². The van der Waals surface area contributed by atoms with Crippen LogP contribution in [0.25, 0.3) is 0 Å². The molecule has 0 radical (unpaired) electrons. The standard InChI is InChI=1S/C14H20N4O2S/c1-9(2)5-6-14(10-3-4-10)12(19)18(13(20)15-14)7-11-8-21-17-16-11/h8-10H,3-7H2,1-2H3,(H,15,20)/t14-/m1/s1. The summed E-state index contributed by atoms with van der Waals surface area (Å²) in [7, 11) is 0. The minimum atomic E-state index is -0.676. The Labute approximate surface area is 128 Å². The van der Waals surface area contributed by atoms with Gasteiger partial charge in [0.2, 0.25) is 0 Å². The summed E-state index contributed by atoms with van der Waals surface area (Å²) in [4.78, 5) is 26.4. The van der Waals surface area contributed by atoms with Crippen LogP contribution in [0.1, 0.15) is 45.2 Å².